The maximum atomic E-state index is 9.38. The Bertz CT molecular complexity index is 500. The van der Waals surface area contributed by atoms with E-state index >= 15 is 0 Å². The average Bonchev–Trinajstić information content (AvgIpc) is 2.51. The molecule has 3 heteroatoms. The summed E-state index contributed by atoms with van der Waals surface area (Å²) in [5, 5.41) is 9.38. The molecule has 0 unspecified atom stereocenters. The first-order valence-corrected chi connectivity index (χ1v) is 7.90. The van der Waals surface area contributed by atoms with Crippen LogP contribution >= 0.6 is 11.9 Å². The highest BCUT2D eigenvalue weighted by atomic mass is 32.2. The summed E-state index contributed by atoms with van der Waals surface area (Å²) in [5.74, 6) is 0. The van der Waals surface area contributed by atoms with Gasteiger partial charge in [-0.05, 0) is 36.1 Å². The Morgan fingerprint density at radius 1 is 1.33 bits per heavy atom. The molecule has 1 aromatic carbocycles. The fourth-order valence-electron chi connectivity index (χ4n) is 1.72. The molecule has 0 bridgehead atoms. The van der Waals surface area contributed by atoms with Gasteiger partial charge in [-0.1, -0.05) is 62.9 Å². The normalized spacial score (nSPS) is 12.9. The highest BCUT2D eigenvalue weighted by Gasteiger charge is 2.18. The van der Waals surface area contributed by atoms with Crippen molar-refractivity contribution in [3.63, 3.8) is 0 Å². The van der Waals surface area contributed by atoms with Crippen LogP contribution in [0, 0.1) is 0 Å². The van der Waals surface area contributed by atoms with Crippen LogP contribution in [0.1, 0.15) is 31.9 Å². The molecular formula is C18H25NOS. The zero-order chi connectivity index (χ0) is 15.7. The molecule has 0 aliphatic rings. The molecule has 0 aromatic heterocycles. The molecule has 0 aliphatic heterocycles. The van der Waals surface area contributed by atoms with Crippen molar-refractivity contribution < 1.29 is 5.11 Å². The zero-order valence-corrected chi connectivity index (χ0v) is 13.9. The Hall–Kier alpha value is -1.29. The van der Waals surface area contributed by atoms with Gasteiger partial charge >= 0.3 is 0 Å². The maximum absolute atomic E-state index is 9.38. The predicted octanol–water partition coefficient (Wildman–Crippen LogP) is 4.34. The third-order valence-corrected chi connectivity index (χ3v) is 4.17. The number of hydrogen-bond acceptors (Lipinski definition) is 3. The molecule has 21 heavy (non-hydrogen) atoms. The van der Waals surface area contributed by atoms with E-state index in [0.717, 1.165) is 17.0 Å². The molecule has 0 heterocycles. The molecule has 2 nitrogen and oxygen atoms in total. The third kappa shape index (κ3) is 5.92. The Balaban J connectivity index is 2.54. The summed E-state index contributed by atoms with van der Waals surface area (Å²) in [7, 11) is 0. The van der Waals surface area contributed by atoms with Crippen LogP contribution in [-0.2, 0) is 12.0 Å². The van der Waals surface area contributed by atoms with E-state index in [1.54, 1.807) is 18.0 Å². The second-order valence-corrected chi connectivity index (χ2v) is 6.41. The smallest absolute Gasteiger partial charge is 0.0522 e. The fourth-order valence-corrected chi connectivity index (χ4v) is 2.39. The van der Waals surface area contributed by atoms with Gasteiger partial charge in [-0.15, -0.1) is 0 Å². The third-order valence-electron chi connectivity index (χ3n) is 3.28. The van der Waals surface area contributed by atoms with E-state index in [1.807, 2.05) is 32.9 Å². The molecule has 0 aliphatic carbocycles. The van der Waals surface area contributed by atoms with Gasteiger partial charge in [0.05, 0.1) is 6.61 Å². The van der Waals surface area contributed by atoms with Gasteiger partial charge in [0.2, 0.25) is 0 Å². The van der Waals surface area contributed by atoms with Crippen molar-refractivity contribution in [2.75, 3.05) is 6.61 Å². The number of rotatable bonds is 8. The quantitative estimate of drug-likeness (QED) is 0.553. The summed E-state index contributed by atoms with van der Waals surface area (Å²) < 4.78 is 3.35. The average molecular weight is 303 g/mol. The molecule has 0 saturated heterocycles. The molecule has 1 rings (SSSR count). The van der Waals surface area contributed by atoms with Crippen molar-refractivity contribution in [1.29, 1.82) is 0 Å². The summed E-state index contributed by atoms with van der Waals surface area (Å²) >= 11 is 1.61. The maximum Gasteiger partial charge on any atom is 0.0522 e. The van der Waals surface area contributed by atoms with Crippen molar-refractivity contribution in [2.24, 2.45) is 0 Å². The van der Waals surface area contributed by atoms with Gasteiger partial charge in [0, 0.05) is 16.9 Å². The molecule has 0 fully saturated rings. The van der Waals surface area contributed by atoms with Crippen LogP contribution in [0.4, 0.5) is 0 Å². The highest BCUT2D eigenvalue weighted by molar-refractivity contribution is 8.01. The van der Waals surface area contributed by atoms with Gasteiger partial charge < -0.3 is 5.11 Å². The Morgan fingerprint density at radius 2 is 2.00 bits per heavy atom. The van der Waals surface area contributed by atoms with Crippen LogP contribution in [0.15, 0.2) is 60.1 Å². The van der Waals surface area contributed by atoms with Crippen molar-refractivity contribution in [3.05, 3.63) is 71.2 Å². The number of benzene rings is 1. The number of allylic oxidation sites excluding steroid dienone is 4. The van der Waals surface area contributed by atoms with Gasteiger partial charge in [0.1, 0.15) is 0 Å². The van der Waals surface area contributed by atoms with Crippen LogP contribution in [0.5, 0.6) is 0 Å². The molecule has 2 N–H and O–H groups in total. The first-order chi connectivity index (χ1) is 10.0. The lowest BCUT2D eigenvalue weighted by atomic mass is 9.85. The molecule has 0 spiro atoms. The molecule has 0 atom stereocenters. The summed E-state index contributed by atoms with van der Waals surface area (Å²) in [6.07, 6.45) is 7.78. The Kier molecular flexibility index (Phi) is 7.51. The van der Waals surface area contributed by atoms with E-state index in [2.05, 4.69) is 41.6 Å². The highest BCUT2D eigenvalue weighted by Crippen LogP contribution is 2.23. The van der Waals surface area contributed by atoms with Crippen molar-refractivity contribution in [3.8, 4) is 0 Å². The van der Waals surface area contributed by atoms with Gasteiger partial charge in [-0.25, -0.2) is 0 Å². The zero-order valence-electron chi connectivity index (χ0n) is 13.1. The van der Waals surface area contributed by atoms with Crippen LogP contribution in [0.2, 0.25) is 0 Å². The van der Waals surface area contributed by atoms with E-state index in [9.17, 15) is 5.11 Å². The minimum atomic E-state index is -0.186. The first-order valence-electron chi connectivity index (χ1n) is 7.09. The SMILES string of the molecule is C=C/C=C\C(=C/C)SNCc1ccc(C(C)(C)CO)cc1. The van der Waals surface area contributed by atoms with E-state index in [-0.39, 0.29) is 12.0 Å². The molecule has 0 amide bonds. The lowest BCUT2D eigenvalue weighted by Gasteiger charge is -2.22. The number of nitrogens with one attached hydrogen (secondary N) is 1. The molecule has 114 valence electrons. The van der Waals surface area contributed by atoms with Crippen LogP contribution < -0.4 is 4.72 Å². The van der Waals surface area contributed by atoms with E-state index < -0.39 is 0 Å². The molecular weight excluding hydrogens is 278 g/mol. The minimum Gasteiger partial charge on any atom is -0.395 e. The van der Waals surface area contributed by atoms with E-state index in [4.69, 9.17) is 0 Å². The van der Waals surface area contributed by atoms with E-state index in [0.29, 0.717) is 0 Å². The Morgan fingerprint density at radius 3 is 2.52 bits per heavy atom. The topological polar surface area (TPSA) is 32.3 Å². The van der Waals surface area contributed by atoms with Crippen LogP contribution in [-0.4, -0.2) is 11.7 Å². The fraction of sp³-hybridized carbons (Fsp3) is 0.333. The molecule has 0 radical (unpaired) electrons. The minimum absolute atomic E-state index is 0.154. The largest absolute Gasteiger partial charge is 0.395 e. The van der Waals surface area contributed by atoms with Crippen molar-refractivity contribution >= 4 is 11.9 Å². The van der Waals surface area contributed by atoms with Crippen LogP contribution in [0.25, 0.3) is 0 Å². The summed E-state index contributed by atoms with van der Waals surface area (Å²) in [6, 6.07) is 8.39. The number of aliphatic hydroxyl groups excluding tert-OH is 1. The van der Waals surface area contributed by atoms with Gasteiger partial charge in [-0.2, -0.15) is 0 Å². The molecule has 1 aromatic rings. The summed E-state index contributed by atoms with van der Waals surface area (Å²) in [4.78, 5) is 1.16. The van der Waals surface area contributed by atoms with Gasteiger partial charge in [-0.3, -0.25) is 4.72 Å². The lowest BCUT2D eigenvalue weighted by Crippen LogP contribution is -2.21. The van der Waals surface area contributed by atoms with Gasteiger partial charge in [0.25, 0.3) is 0 Å². The number of hydrogen-bond donors (Lipinski definition) is 2. The Labute approximate surface area is 132 Å². The van der Waals surface area contributed by atoms with Gasteiger partial charge in [0.15, 0.2) is 0 Å². The number of aliphatic hydroxyl groups is 1. The van der Waals surface area contributed by atoms with Crippen molar-refractivity contribution in [1.82, 2.24) is 4.72 Å². The standard InChI is InChI=1S/C18H25NOS/c1-5-7-8-17(6-2)21-19-13-15-9-11-16(12-10-15)18(3,4)14-20/h5-12,19-20H,1,13-14H2,2-4H3/b8-7-,17-6+. The van der Waals surface area contributed by atoms with Crippen molar-refractivity contribution in [2.45, 2.75) is 32.7 Å². The second-order valence-electron chi connectivity index (χ2n) is 5.45. The summed E-state index contributed by atoms with van der Waals surface area (Å²) in [6.45, 7) is 10.7. The van der Waals surface area contributed by atoms with E-state index in [1.165, 1.54) is 5.56 Å². The molecule has 0 saturated carbocycles. The first kappa shape index (κ1) is 17.8. The summed E-state index contributed by atoms with van der Waals surface area (Å²) in [5.41, 5.74) is 2.20. The second kappa shape index (κ2) is 8.88. The van der Waals surface area contributed by atoms with Crippen LogP contribution in [0.3, 0.4) is 0 Å². The lowest BCUT2D eigenvalue weighted by molar-refractivity contribution is 0.218. The monoisotopic (exact) mass is 303 g/mol. The predicted molar refractivity (Wildman–Crippen MR) is 94.1 cm³/mol.